The summed E-state index contributed by atoms with van der Waals surface area (Å²) in [6.45, 7) is 3.03. The van der Waals surface area contributed by atoms with E-state index in [0.29, 0.717) is 6.04 Å². The first-order valence-electron chi connectivity index (χ1n) is 6.27. The van der Waals surface area contributed by atoms with Gasteiger partial charge in [0.2, 0.25) is 0 Å². The zero-order valence-electron chi connectivity index (χ0n) is 10.2. The molecule has 2 rings (SSSR count). The van der Waals surface area contributed by atoms with Crippen LogP contribution < -0.4 is 5.32 Å². The summed E-state index contributed by atoms with van der Waals surface area (Å²) in [4.78, 5) is 4.18. The van der Waals surface area contributed by atoms with E-state index in [1.807, 2.05) is 6.07 Å². The minimum absolute atomic E-state index is 0.231. The normalized spacial score (nSPS) is 24.1. The lowest BCUT2D eigenvalue weighted by atomic mass is 10.2. The van der Waals surface area contributed by atoms with Crippen LogP contribution in [0.2, 0.25) is 0 Å². The third-order valence-corrected chi connectivity index (χ3v) is 4.40. The third kappa shape index (κ3) is 3.89. The van der Waals surface area contributed by atoms with Crippen LogP contribution in [0.3, 0.4) is 0 Å². The minimum Gasteiger partial charge on any atom is -0.506 e. The summed E-state index contributed by atoms with van der Waals surface area (Å²) in [7, 11) is 0. The second-order valence-electron chi connectivity index (χ2n) is 4.48. The molecule has 1 aliphatic rings. The topological polar surface area (TPSA) is 45.1 Å². The van der Waals surface area contributed by atoms with E-state index in [-0.39, 0.29) is 5.75 Å². The highest BCUT2D eigenvalue weighted by Crippen LogP contribution is 2.29. The van der Waals surface area contributed by atoms with Gasteiger partial charge in [0.05, 0.1) is 11.9 Å². The molecule has 3 nitrogen and oxygen atoms in total. The molecule has 1 aliphatic carbocycles. The molecule has 2 unspecified atom stereocenters. The molecular weight excluding hydrogens is 232 g/mol. The number of nitrogens with zero attached hydrogens (tertiary/aromatic N) is 1. The van der Waals surface area contributed by atoms with E-state index in [1.165, 1.54) is 31.2 Å². The number of hydrogen-bond donors (Lipinski definition) is 2. The van der Waals surface area contributed by atoms with Crippen molar-refractivity contribution >= 4 is 11.8 Å². The van der Waals surface area contributed by atoms with E-state index >= 15 is 0 Å². The lowest BCUT2D eigenvalue weighted by molar-refractivity contribution is 0.470. The molecule has 1 aromatic heterocycles. The van der Waals surface area contributed by atoms with Crippen molar-refractivity contribution in [3.63, 3.8) is 0 Å². The largest absolute Gasteiger partial charge is 0.506 e. The second kappa shape index (κ2) is 6.26. The highest BCUT2D eigenvalue weighted by atomic mass is 32.2. The van der Waals surface area contributed by atoms with Gasteiger partial charge in [0.25, 0.3) is 0 Å². The standard InChI is InChI=1S/C13H20N2OS/c1-2-17-13-6-4-10(7-13)14-8-11-3-5-12(16)9-15-11/h3,5,9-10,13-14,16H,2,4,6-8H2,1H3. The Balaban J connectivity index is 1.74. The van der Waals surface area contributed by atoms with Gasteiger partial charge in [0.1, 0.15) is 5.75 Å². The monoisotopic (exact) mass is 252 g/mol. The first-order valence-corrected chi connectivity index (χ1v) is 7.31. The number of nitrogens with one attached hydrogen (secondary N) is 1. The van der Waals surface area contributed by atoms with Gasteiger partial charge in [0, 0.05) is 17.8 Å². The van der Waals surface area contributed by atoms with E-state index in [1.54, 1.807) is 6.07 Å². The maximum Gasteiger partial charge on any atom is 0.133 e. The molecule has 1 fully saturated rings. The Morgan fingerprint density at radius 1 is 1.47 bits per heavy atom. The summed E-state index contributed by atoms with van der Waals surface area (Å²) in [5.41, 5.74) is 0.995. The lowest BCUT2D eigenvalue weighted by Gasteiger charge is -2.12. The van der Waals surface area contributed by atoms with Crippen molar-refractivity contribution in [1.82, 2.24) is 10.3 Å². The molecule has 4 heteroatoms. The number of aromatic hydroxyl groups is 1. The van der Waals surface area contributed by atoms with Gasteiger partial charge < -0.3 is 10.4 Å². The Hall–Kier alpha value is -0.740. The van der Waals surface area contributed by atoms with Crippen LogP contribution in [0.5, 0.6) is 5.75 Å². The molecule has 0 aliphatic heterocycles. The second-order valence-corrected chi connectivity index (χ2v) is 6.05. The Labute approximate surface area is 107 Å². The summed E-state index contributed by atoms with van der Waals surface area (Å²) in [5.74, 6) is 1.45. The van der Waals surface area contributed by atoms with Crippen LogP contribution in [-0.2, 0) is 6.54 Å². The van der Waals surface area contributed by atoms with Crippen LogP contribution >= 0.6 is 11.8 Å². The van der Waals surface area contributed by atoms with Crippen LogP contribution in [-0.4, -0.2) is 27.1 Å². The van der Waals surface area contributed by atoms with Crippen molar-refractivity contribution < 1.29 is 5.11 Å². The smallest absolute Gasteiger partial charge is 0.133 e. The maximum atomic E-state index is 9.14. The van der Waals surface area contributed by atoms with E-state index in [0.717, 1.165) is 17.5 Å². The van der Waals surface area contributed by atoms with E-state index in [2.05, 4.69) is 29.0 Å². The Morgan fingerprint density at radius 2 is 2.35 bits per heavy atom. The summed E-state index contributed by atoms with van der Waals surface area (Å²) < 4.78 is 0. The molecule has 1 saturated carbocycles. The fourth-order valence-corrected chi connectivity index (χ4v) is 3.43. The van der Waals surface area contributed by atoms with Crippen molar-refractivity contribution in [1.29, 1.82) is 0 Å². The van der Waals surface area contributed by atoms with Gasteiger partial charge in [-0.2, -0.15) is 11.8 Å². The zero-order chi connectivity index (χ0) is 12.1. The molecule has 17 heavy (non-hydrogen) atoms. The average Bonchev–Trinajstić information content (AvgIpc) is 2.77. The Morgan fingerprint density at radius 3 is 3.06 bits per heavy atom. The Kier molecular flexibility index (Phi) is 4.68. The molecule has 2 N–H and O–H groups in total. The summed E-state index contributed by atoms with van der Waals surface area (Å²) in [5, 5.41) is 13.5. The number of aromatic nitrogens is 1. The molecule has 0 spiro atoms. The highest BCUT2D eigenvalue weighted by Gasteiger charge is 2.23. The van der Waals surface area contributed by atoms with Crippen LogP contribution in [0.4, 0.5) is 0 Å². The molecule has 0 aromatic carbocycles. The van der Waals surface area contributed by atoms with Gasteiger partial charge in [-0.3, -0.25) is 4.98 Å². The fourth-order valence-electron chi connectivity index (χ4n) is 2.28. The highest BCUT2D eigenvalue weighted by molar-refractivity contribution is 7.99. The molecule has 0 saturated heterocycles. The SMILES string of the molecule is CCSC1CCC(NCc2ccc(O)cn2)C1. The summed E-state index contributed by atoms with van der Waals surface area (Å²) in [6.07, 6.45) is 5.38. The van der Waals surface area contributed by atoms with Gasteiger partial charge in [-0.05, 0) is 37.1 Å². The molecule has 0 radical (unpaired) electrons. The van der Waals surface area contributed by atoms with Crippen LogP contribution in [0, 0.1) is 0 Å². The van der Waals surface area contributed by atoms with Gasteiger partial charge in [-0.15, -0.1) is 0 Å². The maximum absolute atomic E-state index is 9.14. The average molecular weight is 252 g/mol. The van der Waals surface area contributed by atoms with Gasteiger partial charge in [-0.1, -0.05) is 6.92 Å². The number of pyridine rings is 1. The zero-order valence-corrected chi connectivity index (χ0v) is 11.0. The molecule has 1 heterocycles. The third-order valence-electron chi connectivity index (χ3n) is 3.17. The van der Waals surface area contributed by atoms with Crippen molar-refractivity contribution in [2.24, 2.45) is 0 Å². The van der Waals surface area contributed by atoms with Crippen LogP contribution in [0.25, 0.3) is 0 Å². The number of hydrogen-bond acceptors (Lipinski definition) is 4. The molecular formula is C13H20N2OS. The van der Waals surface area contributed by atoms with Gasteiger partial charge in [0.15, 0.2) is 0 Å². The predicted octanol–water partition coefficient (Wildman–Crippen LogP) is 2.55. The van der Waals surface area contributed by atoms with E-state index < -0.39 is 0 Å². The van der Waals surface area contributed by atoms with E-state index in [9.17, 15) is 0 Å². The van der Waals surface area contributed by atoms with Gasteiger partial charge in [-0.25, -0.2) is 0 Å². The number of rotatable bonds is 5. The number of thioether (sulfide) groups is 1. The van der Waals surface area contributed by atoms with Crippen LogP contribution in [0.1, 0.15) is 31.9 Å². The molecule has 94 valence electrons. The fraction of sp³-hybridized carbons (Fsp3) is 0.615. The summed E-state index contributed by atoms with van der Waals surface area (Å²) in [6, 6.07) is 4.19. The first kappa shape index (κ1) is 12.7. The van der Waals surface area contributed by atoms with Crippen molar-refractivity contribution in [3.8, 4) is 5.75 Å². The molecule has 1 aromatic rings. The van der Waals surface area contributed by atoms with Gasteiger partial charge >= 0.3 is 0 Å². The van der Waals surface area contributed by atoms with Crippen molar-refractivity contribution in [2.75, 3.05) is 5.75 Å². The van der Waals surface area contributed by atoms with Crippen molar-refractivity contribution in [3.05, 3.63) is 24.0 Å². The molecule has 2 atom stereocenters. The van der Waals surface area contributed by atoms with Crippen molar-refractivity contribution in [2.45, 2.75) is 44.0 Å². The van der Waals surface area contributed by atoms with Crippen LogP contribution in [0.15, 0.2) is 18.3 Å². The first-order chi connectivity index (χ1) is 8.28. The Bertz CT molecular complexity index is 342. The summed E-state index contributed by atoms with van der Waals surface area (Å²) >= 11 is 2.08. The quantitative estimate of drug-likeness (QED) is 0.845. The molecule has 0 bridgehead atoms. The minimum atomic E-state index is 0.231. The molecule has 0 amide bonds. The lowest BCUT2D eigenvalue weighted by Crippen LogP contribution is -2.26. The predicted molar refractivity (Wildman–Crippen MR) is 72.3 cm³/mol. The van der Waals surface area contributed by atoms with E-state index in [4.69, 9.17) is 5.11 Å².